The molecule has 1 aromatic carbocycles. The zero-order chi connectivity index (χ0) is 11.4. The molecule has 0 fully saturated rings. The largest absolute Gasteiger partial charge is 0.478 e. The first-order chi connectivity index (χ1) is 7.07. The third-order valence-corrected chi connectivity index (χ3v) is 2.53. The zero-order valence-electron chi connectivity index (χ0n) is 8.53. The van der Waals surface area contributed by atoms with E-state index in [-0.39, 0.29) is 12.4 Å². The standard InChI is InChI=1S/C11H11BrFNO/c1-3-4-5-15-11-8(12)6-9(13)7(2)10(11)14/h6H,5,14H2,1-2H3. The van der Waals surface area contributed by atoms with Gasteiger partial charge >= 0.3 is 0 Å². The molecule has 0 saturated heterocycles. The Hall–Kier alpha value is -1.21. The highest BCUT2D eigenvalue weighted by molar-refractivity contribution is 9.10. The van der Waals surface area contributed by atoms with Gasteiger partial charge in [-0.25, -0.2) is 4.39 Å². The van der Waals surface area contributed by atoms with Crippen LogP contribution in [0, 0.1) is 24.6 Å². The molecule has 2 N–H and O–H groups in total. The van der Waals surface area contributed by atoms with E-state index in [1.165, 1.54) is 6.07 Å². The summed E-state index contributed by atoms with van der Waals surface area (Å²) < 4.78 is 19.0. The predicted octanol–water partition coefficient (Wildman–Crippen LogP) is 2.88. The van der Waals surface area contributed by atoms with E-state index in [4.69, 9.17) is 10.5 Å². The molecule has 1 aromatic rings. The Balaban J connectivity index is 3.05. The van der Waals surface area contributed by atoms with Crippen LogP contribution < -0.4 is 10.5 Å². The fraction of sp³-hybridized carbons (Fsp3) is 0.273. The Labute approximate surface area is 96.7 Å². The third kappa shape index (κ3) is 2.63. The molecule has 0 bridgehead atoms. The number of nitrogens with two attached hydrogens (primary N) is 1. The number of hydrogen-bond acceptors (Lipinski definition) is 2. The first-order valence-corrected chi connectivity index (χ1v) is 5.13. The van der Waals surface area contributed by atoms with Crippen LogP contribution in [-0.4, -0.2) is 6.61 Å². The summed E-state index contributed by atoms with van der Waals surface area (Å²) in [5, 5.41) is 0. The maximum atomic E-state index is 13.2. The number of benzene rings is 1. The average molecular weight is 272 g/mol. The van der Waals surface area contributed by atoms with Gasteiger partial charge in [-0.2, -0.15) is 0 Å². The minimum atomic E-state index is -0.353. The van der Waals surface area contributed by atoms with E-state index in [1.807, 2.05) is 0 Å². The summed E-state index contributed by atoms with van der Waals surface area (Å²) in [7, 11) is 0. The van der Waals surface area contributed by atoms with Crippen LogP contribution in [0.5, 0.6) is 5.75 Å². The number of halogens is 2. The monoisotopic (exact) mass is 271 g/mol. The number of hydrogen-bond donors (Lipinski definition) is 1. The van der Waals surface area contributed by atoms with Crippen molar-refractivity contribution in [3.63, 3.8) is 0 Å². The molecule has 0 saturated carbocycles. The molecule has 2 nitrogen and oxygen atoms in total. The molecule has 1 rings (SSSR count). The highest BCUT2D eigenvalue weighted by atomic mass is 79.9. The lowest BCUT2D eigenvalue weighted by Gasteiger charge is -2.11. The van der Waals surface area contributed by atoms with Crippen LogP contribution in [0.4, 0.5) is 10.1 Å². The second kappa shape index (κ2) is 5.04. The molecule has 0 heterocycles. The summed E-state index contributed by atoms with van der Waals surface area (Å²) in [4.78, 5) is 0. The van der Waals surface area contributed by atoms with Crippen LogP contribution in [0.15, 0.2) is 10.5 Å². The van der Waals surface area contributed by atoms with E-state index >= 15 is 0 Å². The molecule has 0 aliphatic heterocycles. The zero-order valence-corrected chi connectivity index (χ0v) is 10.1. The van der Waals surface area contributed by atoms with Crippen LogP contribution in [0.1, 0.15) is 12.5 Å². The van der Waals surface area contributed by atoms with E-state index in [0.29, 0.717) is 21.5 Å². The summed E-state index contributed by atoms with van der Waals surface area (Å²) in [6, 6.07) is 1.33. The van der Waals surface area contributed by atoms with Gasteiger partial charge in [-0.15, -0.1) is 5.92 Å². The molecule has 0 radical (unpaired) electrons. The molecular formula is C11H11BrFNO. The minimum absolute atomic E-state index is 0.240. The number of rotatable bonds is 2. The Bertz CT molecular complexity index is 434. The van der Waals surface area contributed by atoms with E-state index in [1.54, 1.807) is 13.8 Å². The summed E-state index contributed by atoms with van der Waals surface area (Å²) >= 11 is 3.19. The van der Waals surface area contributed by atoms with Crippen LogP contribution in [0.3, 0.4) is 0 Å². The molecule has 0 aliphatic carbocycles. The van der Waals surface area contributed by atoms with Gasteiger partial charge in [0.1, 0.15) is 12.4 Å². The third-order valence-electron chi connectivity index (χ3n) is 1.94. The maximum Gasteiger partial charge on any atom is 0.158 e. The first-order valence-electron chi connectivity index (χ1n) is 4.34. The van der Waals surface area contributed by atoms with Gasteiger partial charge in [-0.1, -0.05) is 5.92 Å². The Morgan fingerprint density at radius 1 is 1.60 bits per heavy atom. The van der Waals surface area contributed by atoms with Gasteiger partial charge in [0.2, 0.25) is 0 Å². The van der Waals surface area contributed by atoms with Crippen molar-refractivity contribution in [2.24, 2.45) is 0 Å². The Morgan fingerprint density at radius 2 is 2.27 bits per heavy atom. The van der Waals surface area contributed by atoms with Crippen molar-refractivity contribution in [1.82, 2.24) is 0 Å². The molecule has 4 heteroatoms. The van der Waals surface area contributed by atoms with E-state index in [9.17, 15) is 4.39 Å². The molecule has 15 heavy (non-hydrogen) atoms. The summed E-state index contributed by atoms with van der Waals surface area (Å²) in [5.41, 5.74) is 6.42. The summed E-state index contributed by atoms with van der Waals surface area (Å²) in [6.45, 7) is 3.57. The smallest absolute Gasteiger partial charge is 0.158 e. The minimum Gasteiger partial charge on any atom is -0.478 e. The molecule has 80 valence electrons. The predicted molar refractivity (Wildman–Crippen MR) is 62.2 cm³/mol. The molecule has 0 aliphatic rings. The lowest BCUT2D eigenvalue weighted by molar-refractivity contribution is 0.369. The highest BCUT2D eigenvalue weighted by Crippen LogP contribution is 2.35. The van der Waals surface area contributed by atoms with Crippen LogP contribution in [-0.2, 0) is 0 Å². The lowest BCUT2D eigenvalue weighted by atomic mass is 10.2. The summed E-state index contributed by atoms with van der Waals surface area (Å²) in [5.74, 6) is 5.53. The Morgan fingerprint density at radius 3 is 2.87 bits per heavy atom. The van der Waals surface area contributed by atoms with Gasteiger partial charge < -0.3 is 10.5 Å². The van der Waals surface area contributed by atoms with Gasteiger partial charge in [0.15, 0.2) is 5.75 Å². The molecule has 0 aromatic heterocycles. The number of nitrogen functional groups attached to an aromatic ring is 1. The molecular weight excluding hydrogens is 261 g/mol. The van der Waals surface area contributed by atoms with Crippen molar-refractivity contribution in [2.45, 2.75) is 13.8 Å². The van der Waals surface area contributed by atoms with Crippen molar-refractivity contribution in [1.29, 1.82) is 0 Å². The second-order valence-electron chi connectivity index (χ2n) is 2.92. The first kappa shape index (κ1) is 11.9. The van der Waals surface area contributed by atoms with Gasteiger partial charge in [0.25, 0.3) is 0 Å². The van der Waals surface area contributed by atoms with Crippen LogP contribution in [0.25, 0.3) is 0 Å². The van der Waals surface area contributed by atoms with E-state index < -0.39 is 0 Å². The van der Waals surface area contributed by atoms with Crippen LogP contribution >= 0.6 is 15.9 Å². The quantitative estimate of drug-likeness (QED) is 0.663. The van der Waals surface area contributed by atoms with Crippen molar-refractivity contribution in [2.75, 3.05) is 12.3 Å². The van der Waals surface area contributed by atoms with Crippen molar-refractivity contribution in [3.05, 3.63) is 21.9 Å². The van der Waals surface area contributed by atoms with Gasteiger partial charge in [0, 0.05) is 5.56 Å². The van der Waals surface area contributed by atoms with Crippen molar-refractivity contribution in [3.8, 4) is 17.6 Å². The summed E-state index contributed by atoms with van der Waals surface area (Å²) in [6.07, 6.45) is 0. The van der Waals surface area contributed by atoms with Gasteiger partial charge in [-0.05, 0) is 35.8 Å². The SMILES string of the molecule is CC#CCOc1c(Br)cc(F)c(C)c1N. The number of ether oxygens (including phenoxy) is 1. The van der Waals surface area contributed by atoms with E-state index in [2.05, 4.69) is 27.8 Å². The normalized spacial score (nSPS) is 9.33. The van der Waals surface area contributed by atoms with Crippen molar-refractivity contribution < 1.29 is 9.13 Å². The Kier molecular flexibility index (Phi) is 3.98. The average Bonchev–Trinajstić information content (AvgIpc) is 2.20. The fourth-order valence-electron chi connectivity index (χ4n) is 1.04. The topological polar surface area (TPSA) is 35.2 Å². The fourth-order valence-corrected chi connectivity index (χ4v) is 1.57. The number of anilines is 1. The highest BCUT2D eigenvalue weighted by Gasteiger charge is 2.12. The maximum absolute atomic E-state index is 13.2. The van der Waals surface area contributed by atoms with Gasteiger partial charge in [0.05, 0.1) is 10.2 Å². The lowest BCUT2D eigenvalue weighted by Crippen LogP contribution is -2.02. The van der Waals surface area contributed by atoms with Gasteiger partial charge in [-0.3, -0.25) is 0 Å². The molecule has 0 spiro atoms. The molecule has 0 amide bonds. The van der Waals surface area contributed by atoms with E-state index in [0.717, 1.165) is 0 Å². The van der Waals surface area contributed by atoms with Crippen LogP contribution in [0.2, 0.25) is 0 Å². The molecule has 0 atom stereocenters. The van der Waals surface area contributed by atoms with Crippen molar-refractivity contribution >= 4 is 21.6 Å². The molecule has 0 unspecified atom stereocenters. The second-order valence-corrected chi connectivity index (χ2v) is 3.78.